The molecule has 0 aliphatic carbocycles. The summed E-state index contributed by atoms with van der Waals surface area (Å²) in [7, 11) is 0. The largest absolute Gasteiger partial charge is 0.366 e. The van der Waals surface area contributed by atoms with E-state index in [9.17, 15) is 14.9 Å². The number of aldehydes is 1. The van der Waals surface area contributed by atoms with Crippen LogP contribution in [0.2, 0.25) is 0 Å². The first-order valence-electron chi connectivity index (χ1n) is 6.10. The molecule has 0 saturated carbocycles. The highest BCUT2D eigenvalue weighted by Gasteiger charge is 2.23. The molecular weight excluding hydrogens is 232 g/mol. The lowest BCUT2D eigenvalue weighted by atomic mass is 9.99. The maximum absolute atomic E-state index is 11.0. The van der Waals surface area contributed by atoms with E-state index in [1.165, 1.54) is 12.1 Å². The molecule has 2 rings (SSSR count). The molecule has 0 bridgehead atoms. The lowest BCUT2D eigenvalue weighted by Gasteiger charge is -2.32. The monoisotopic (exact) mass is 248 g/mol. The second-order valence-electron chi connectivity index (χ2n) is 4.82. The number of nitro benzene ring substituents is 1. The molecule has 1 fully saturated rings. The number of nitrogens with zero attached hydrogens (tertiary/aromatic N) is 2. The molecule has 0 amide bonds. The highest BCUT2D eigenvalue weighted by Crippen LogP contribution is 2.32. The van der Waals surface area contributed by atoms with E-state index in [0.717, 1.165) is 32.2 Å². The molecule has 5 heteroatoms. The van der Waals surface area contributed by atoms with Gasteiger partial charge in [0.1, 0.15) is 12.0 Å². The van der Waals surface area contributed by atoms with Crippen LogP contribution in [0.1, 0.15) is 30.1 Å². The number of anilines is 1. The zero-order valence-electron chi connectivity index (χ0n) is 10.3. The molecule has 1 unspecified atom stereocenters. The number of piperidine rings is 1. The van der Waals surface area contributed by atoms with Gasteiger partial charge in [-0.1, -0.05) is 6.92 Å². The number of hydrogen-bond acceptors (Lipinski definition) is 4. The Morgan fingerprint density at radius 3 is 2.89 bits per heavy atom. The van der Waals surface area contributed by atoms with Crippen LogP contribution in [-0.2, 0) is 0 Å². The fourth-order valence-electron chi connectivity index (χ4n) is 2.43. The van der Waals surface area contributed by atoms with E-state index in [4.69, 9.17) is 0 Å². The van der Waals surface area contributed by atoms with Crippen molar-refractivity contribution in [2.24, 2.45) is 5.92 Å². The molecule has 1 aliphatic heterocycles. The first-order valence-corrected chi connectivity index (χ1v) is 6.10. The number of hydrogen-bond donors (Lipinski definition) is 0. The Kier molecular flexibility index (Phi) is 3.60. The summed E-state index contributed by atoms with van der Waals surface area (Å²) in [6.45, 7) is 3.76. The van der Waals surface area contributed by atoms with Gasteiger partial charge in [-0.05, 0) is 30.9 Å². The van der Waals surface area contributed by atoms with E-state index in [1.54, 1.807) is 6.07 Å². The Bertz CT molecular complexity index is 473. The van der Waals surface area contributed by atoms with Crippen LogP contribution in [0.15, 0.2) is 18.2 Å². The number of carbonyl (C=O) groups excluding carboxylic acids is 1. The van der Waals surface area contributed by atoms with Gasteiger partial charge in [0.05, 0.1) is 4.92 Å². The van der Waals surface area contributed by atoms with Gasteiger partial charge in [-0.25, -0.2) is 0 Å². The van der Waals surface area contributed by atoms with Crippen molar-refractivity contribution < 1.29 is 9.72 Å². The summed E-state index contributed by atoms with van der Waals surface area (Å²) >= 11 is 0. The van der Waals surface area contributed by atoms with Gasteiger partial charge in [-0.2, -0.15) is 0 Å². The Balaban J connectivity index is 2.39. The smallest absolute Gasteiger partial charge is 0.292 e. The number of nitro groups is 1. The summed E-state index contributed by atoms with van der Waals surface area (Å²) in [5, 5.41) is 11.0. The zero-order chi connectivity index (χ0) is 13.1. The van der Waals surface area contributed by atoms with Crippen molar-refractivity contribution in [1.29, 1.82) is 0 Å². The Morgan fingerprint density at radius 2 is 2.28 bits per heavy atom. The second-order valence-corrected chi connectivity index (χ2v) is 4.82. The third-order valence-corrected chi connectivity index (χ3v) is 3.33. The van der Waals surface area contributed by atoms with E-state index in [1.807, 2.05) is 4.90 Å². The minimum Gasteiger partial charge on any atom is -0.366 e. The fraction of sp³-hybridized carbons (Fsp3) is 0.462. The van der Waals surface area contributed by atoms with E-state index >= 15 is 0 Å². The normalized spacial score (nSPS) is 19.6. The average Bonchev–Trinajstić information content (AvgIpc) is 2.38. The molecule has 0 aromatic heterocycles. The van der Waals surface area contributed by atoms with Gasteiger partial charge < -0.3 is 4.90 Å². The summed E-state index contributed by atoms with van der Waals surface area (Å²) < 4.78 is 0. The maximum Gasteiger partial charge on any atom is 0.292 e. The summed E-state index contributed by atoms with van der Waals surface area (Å²) in [5.41, 5.74) is 1.12. The van der Waals surface area contributed by atoms with Crippen LogP contribution < -0.4 is 4.90 Å². The van der Waals surface area contributed by atoms with Crippen LogP contribution in [0.5, 0.6) is 0 Å². The van der Waals surface area contributed by atoms with E-state index in [-0.39, 0.29) is 10.6 Å². The van der Waals surface area contributed by atoms with Crippen molar-refractivity contribution in [2.45, 2.75) is 19.8 Å². The van der Waals surface area contributed by atoms with Gasteiger partial charge in [-0.15, -0.1) is 0 Å². The van der Waals surface area contributed by atoms with Crippen molar-refractivity contribution in [3.63, 3.8) is 0 Å². The molecule has 1 saturated heterocycles. The van der Waals surface area contributed by atoms with Gasteiger partial charge in [0.25, 0.3) is 5.69 Å². The first kappa shape index (κ1) is 12.5. The molecule has 0 radical (unpaired) electrons. The van der Waals surface area contributed by atoms with Gasteiger partial charge in [0, 0.05) is 24.7 Å². The minimum absolute atomic E-state index is 0.0784. The van der Waals surface area contributed by atoms with Crippen LogP contribution in [-0.4, -0.2) is 24.3 Å². The molecule has 1 atom stereocenters. The molecule has 1 aliphatic rings. The third kappa shape index (κ3) is 2.50. The van der Waals surface area contributed by atoms with E-state index < -0.39 is 0 Å². The van der Waals surface area contributed by atoms with Crippen molar-refractivity contribution in [3.05, 3.63) is 33.9 Å². The van der Waals surface area contributed by atoms with E-state index in [2.05, 4.69) is 6.92 Å². The topological polar surface area (TPSA) is 63.5 Å². The summed E-state index contributed by atoms with van der Waals surface area (Å²) in [4.78, 5) is 23.5. The molecule has 96 valence electrons. The van der Waals surface area contributed by atoms with Crippen molar-refractivity contribution in [1.82, 2.24) is 0 Å². The summed E-state index contributed by atoms with van der Waals surface area (Å²) in [6.07, 6.45) is 2.90. The predicted octanol–water partition coefficient (Wildman–Crippen LogP) is 2.64. The minimum atomic E-state index is -0.386. The van der Waals surface area contributed by atoms with Gasteiger partial charge in [-0.3, -0.25) is 14.9 Å². The standard InChI is InChI=1S/C13H16N2O3/c1-10-3-2-6-14(8-10)13-7-11(9-16)4-5-12(13)15(17)18/h4-5,7,9-10H,2-3,6,8H2,1H3. The summed E-state index contributed by atoms with van der Waals surface area (Å²) in [5.74, 6) is 0.526. The zero-order valence-corrected chi connectivity index (χ0v) is 10.3. The highest BCUT2D eigenvalue weighted by molar-refractivity contribution is 5.80. The second kappa shape index (κ2) is 5.16. The maximum atomic E-state index is 11.0. The lowest BCUT2D eigenvalue weighted by Crippen LogP contribution is -2.34. The lowest BCUT2D eigenvalue weighted by molar-refractivity contribution is -0.384. The van der Waals surface area contributed by atoms with Crippen LogP contribution in [0.3, 0.4) is 0 Å². The molecule has 1 aromatic rings. The molecule has 0 spiro atoms. The van der Waals surface area contributed by atoms with Crippen LogP contribution in [0.25, 0.3) is 0 Å². The molecular formula is C13H16N2O3. The fourth-order valence-corrected chi connectivity index (χ4v) is 2.43. The average molecular weight is 248 g/mol. The molecule has 1 heterocycles. The van der Waals surface area contributed by atoms with Crippen molar-refractivity contribution >= 4 is 17.7 Å². The third-order valence-electron chi connectivity index (χ3n) is 3.33. The van der Waals surface area contributed by atoms with Gasteiger partial charge in [0.2, 0.25) is 0 Å². The predicted molar refractivity (Wildman–Crippen MR) is 69.1 cm³/mol. The van der Waals surface area contributed by atoms with Crippen molar-refractivity contribution in [3.8, 4) is 0 Å². The molecule has 5 nitrogen and oxygen atoms in total. The first-order chi connectivity index (χ1) is 8.61. The number of carbonyl (C=O) groups is 1. The van der Waals surface area contributed by atoms with Crippen LogP contribution in [0, 0.1) is 16.0 Å². The Morgan fingerprint density at radius 1 is 1.50 bits per heavy atom. The molecule has 18 heavy (non-hydrogen) atoms. The van der Waals surface area contributed by atoms with Gasteiger partial charge >= 0.3 is 0 Å². The molecule has 1 aromatic carbocycles. The van der Waals surface area contributed by atoms with Gasteiger partial charge in [0.15, 0.2) is 0 Å². The number of benzene rings is 1. The van der Waals surface area contributed by atoms with Crippen LogP contribution >= 0.6 is 0 Å². The highest BCUT2D eigenvalue weighted by atomic mass is 16.6. The Labute approximate surface area is 106 Å². The SMILES string of the molecule is CC1CCCN(c2cc(C=O)ccc2[N+](=O)[O-])C1. The van der Waals surface area contributed by atoms with E-state index in [0.29, 0.717) is 17.2 Å². The summed E-state index contributed by atoms with van der Waals surface area (Å²) in [6, 6.07) is 4.52. The Hall–Kier alpha value is -1.91. The number of rotatable bonds is 3. The molecule has 0 N–H and O–H groups in total. The van der Waals surface area contributed by atoms with Crippen LogP contribution in [0.4, 0.5) is 11.4 Å². The van der Waals surface area contributed by atoms with Crippen molar-refractivity contribution in [2.75, 3.05) is 18.0 Å². The quantitative estimate of drug-likeness (QED) is 0.468.